The number of nitrogens with zero attached hydrogens (tertiary/aromatic N) is 4. The molecule has 2 aliphatic heterocycles. The lowest BCUT2D eigenvalue weighted by Crippen LogP contribution is -2.33. The Bertz CT molecular complexity index is 1130. The summed E-state index contributed by atoms with van der Waals surface area (Å²) in [6.07, 6.45) is -1.97. The molecule has 8 nitrogen and oxygen atoms in total. The number of nitrogens with one attached hydrogen (secondary N) is 1. The summed E-state index contributed by atoms with van der Waals surface area (Å²) in [5.74, 6) is 0.0464. The predicted octanol–water partition coefficient (Wildman–Crippen LogP) is 4.93. The van der Waals surface area contributed by atoms with Crippen LogP contribution in [0, 0.1) is 17.0 Å². The second-order valence-electron chi connectivity index (χ2n) is 10.1. The van der Waals surface area contributed by atoms with Crippen molar-refractivity contribution in [1.82, 2.24) is 9.80 Å². The van der Waals surface area contributed by atoms with E-state index in [0.29, 0.717) is 25.9 Å². The number of aryl methyl sites for hydroxylation is 1. The standard InChI is InChI=1S/C27H34F3N5O3/c1-20-5-8-23(9-6-20)33-14-3-13-32(16-17-33)12-2-4-26(36)34-15-11-22(19-34)31-21-7-10-25(35(37)38)24(18-21)27(28,29)30/h5-10,18,22,31H,2-4,11-17,19H2,1H3/t22-/m0/s1. The first-order valence-electron chi connectivity index (χ1n) is 13.0. The van der Waals surface area contributed by atoms with E-state index in [1.165, 1.54) is 17.3 Å². The summed E-state index contributed by atoms with van der Waals surface area (Å²) in [7, 11) is 0. The lowest BCUT2D eigenvalue weighted by Gasteiger charge is -2.24. The highest BCUT2D eigenvalue weighted by Gasteiger charge is 2.38. The number of carbonyl (C=O) groups is 1. The third kappa shape index (κ3) is 7.15. The fourth-order valence-corrected chi connectivity index (χ4v) is 5.17. The number of halogens is 3. The molecule has 0 unspecified atom stereocenters. The molecule has 11 heteroatoms. The molecule has 1 atom stereocenters. The van der Waals surface area contributed by atoms with Gasteiger partial charge in [-0.1, -0.05) is 17.7 Å². The van der Waals surface area contributed by atoms with Crippen LogP contribution in [0.1, 0.15) is 36.8 Å². The number of rotatable bonds is 8. The molecule has 0 spiro atoms. The van der Waals surface area contributed by atoms with Crippen LogP contribution in [0.25, 0.3) is 0 Å². The molecule has 0 radical (unpaired) electrons. The minimum atomic E-state index is -4.83. The Balaban J connectivity index is 1.21. The molecule has 2 aliphatic rings. The van der Waals surface area contributed by atoms with Crippen molar-refractivity contribution in [3.8, 4) is 0 Å². The lowest BCUT2D eigenvalue weighted by atomic mass is 10.1. The maximum Gasteiger partial charge on any atom is 0.423 e. The van der Waals surface area contributed by atoms with E-state index in [1.807, 2.05) is 0 Å². The van der Waals surface area contributed by atoms with Crippen molar-refractivity contribution < 1.29 is 22.9 Å². The summed E-state index contributed by atoms with van der Waals surface area (Å²) >= 11 is 0. The first-order valence-corrected chi connectivity index (χ1v) is 13.0. The molecule has 1 amide bonds. The lowest BCUT2D eigenvalue weighted by molar-refractivity contribution is -0.388. The Labute approximate surface area is 220 Å². The van der Waals surface area contributed by atoms with Gasteiger partial charge in [0, 0.05) is 62.6 Å². The van der Waals surface area contributed by atoms with Gasteiger partial charge >= 0.3 is 6.18 Å². The van der Waals surface area contributed by atoms with Crippen molar-refractivity contribution in [2.45, 2.75) is 44.8 Å². The number of carbonyl (C=O) groups excluding carboxylic acids is 1. The second kappa shape index (κ2) is 12.0. The van der Waals surface area contributed by atoms with Crippen molar-refractivity contribution in [2.24, 2.45) is 0 Å². The van der Waals surface area contributed by atoms with Gasteiger partial charge in [-0.2, -0.15) is 13.2 Å². The van der Waals surface area contributed by atoms with Gasteiger partial charge in [0.25, 0.3) is 5.69 Å². The molecule has 2 fully saturated rings. The molecular weight excluding hydrogens is 499 g/mol. The zero-order valence-electron chi connectivity index (χ0n) is 21.5. The van der Waals surface area contributed by atoms with E-state index >= 15 is 0 Å². The topological polar surface area (TPSA) is 82.0 Å². The van der Waals surface area contributed by atoms with Gasteiger partial charge in [0.1, 0.15) is 5.56 Å². The van der Waals surface area contributed by atoms with E-state index in [1.54, 1.807) is 4.90 Å². The number of hydrogen-bond acceptors (Lipinski definition) is 6. The second-order valence-corrected chi connectivity index (χ2v) is 10.1. The molecule has 1 N–H and O–H groups in total. The molecule has 0 aromatic heterocycles. The average Bonchev–Trinajstić information content (AvgIpc) is 3.21. The number of nitro benzene ring substituents is 1. The van der Waals surface area contributed by atoms with Gasteiger partial charge in [-0.3, -0.25) is 14.9 Å². The van der Waals surface area contributed by atoms with Crippen LogP contribution in [-0.4, -0.2) is 72.5 Å². The van der Waals surface area contributed by atoms with Crippen molar-refractivity contribution in [2.75, 3.05) is 56.0 Å². The molecular formula is C27H34F3N5O3. The Morgan fingerprint density at radius 1 is 1.08 bits per heavy atom. The molecule has 2 aromatic rings. The molecule has 2 saturated heterocycles. The molecule has 0 bridgehead atoms. The van der Waals surface area contributed by atoms with E-state index in [0.717, 1.165) is 57.7 Å². The van der Waals surface area contributed by atoms with Gasteiger partial charge in [-0.15, -0.1) is 0 Å². The third-order valence-electron chi connectivity index (χ3n) is 7.26. The van der Waals surface area contributed by atoms with E-state index in [4.69, 9.17) is 0 Å². The Morgan fingerprint density at radius 3 is 2.55 bits per heavy atom. The molecule has 0 saturated carbocycles. The first kappa shape index (κ1) is 27.7. The van der Waals surface area contributed by atoms with Gasteiger partial charge < -0.3 is 20.0 Å². The third-order valence-corrected chi connectivity index (χ3v) is 7.26. The number of amides is 1. The minimum absolute atomic E-state index is 0.0464. The zero-order chi connectivity index (χ0) is 27.3. The summed E-state index contributed by atoms with van der Waals surface area (Å²) < 4.78 is 39.8. The van der Waals surface area contributed by atoms with E-state index in [-0.39, 0.29) is 17.6 Å². The first-order chi connectivity index (χ1) is 18.1. The van der Waals surface area contributed by atoms with Gasteiger partial charge in [0.2, 0.25) is 5.91 Å². The van der Waals surface area contributed by atoms with E-state index in [2.05, 4.69) is 46.3 Å². The maximum absolute atomic E-state index is 13.3. The smallest absolute Gasteiger partial charge is 0.380 e. The van der Waals surface area contributed by atoms with Crippen molar-refractivity contribution >= 4 is 23.0 Å². The summed E-state index contributed by atoms with van der Waals surface area (Å²) in [5.41, 5.74) is 0.389. The normalized spacial score (nSPS) is 18.9. The summed E-state index contributed by atoms with van der Waals surface area (Å²) in [6.45, 7) is 7.78. The number of benzene rings is 2. The van der Waals surface area contributed by atoms with Crippen molar-refractivity contribution in [3.05, 3.63) is 63.7 Å². The molecule has 38 heavy (non-hydrogen) atoms. The highest BCUT2D eigenvalue weighted by Crippen LogP contribution is 2.37. The van der Waals surface area contributed by atoms with Crippen molar-refractivity contribution in [3.63, 3.8) is 0 Å². The SMILES string of the molecule is Cc1ccc(N2CCCN(CCCC(=O)N3CC[C@H](Nc4ccc([N+](=O)[O-])c(C(F)(F)F)c4)C3)CC2)cc1. The molecule has 0 aliphatic carbocycles. The van der Waals surface area contributed by atoms with Gasteiger partial charge in [-0.05, 0) is 63.5 Å². The van der Waals surface area contributed by atoms with E-state index in [9.17, 15) is 28.1 Å². The largest absolute Gasteiger partial charge is 0.423 e. The van der Waals surface area contributed by atoms with Crippen LogP contribution < -0.4 is 10.2 Å². The maximum atomic E-state index is 13.3. The Morgan fingerprint density at radius 2 is 1.84 bits per heavy atom. The van der Waals surface area contributed by atoms with Gasteiger partial charge in [0.05, 0.1) is 4.92 Å². The van der Waals surface area contributed by atoms with Crippen LogP contribution in [-0.2, 0) is 11.0 Å². The monoisotopic (exact) mass is 533 g/mol. The van der Waals surface area contributed by atoms with Crippen LogP contribution in [0.5, 0.6) is 0 Å². The number of anilines is 2. The summed E-state index contributed by atoms with van der Waals surface area (Å²) in [6, 6.07) is 11.3. The fourth-order valence-electron chi connectivity index (χ4n) is 5.17. The summed E-state index contributed by atoms with van der Waals surface area (Å²) in [5, 5.41) is 14.0. The average molecular weight is 534 g/mol. The molecule has 206 valence electrons. The Kier molecular flexibility index (Phi) is 8.76. The van der Waals surface area contributed by atoms with Crippen LogP contribution in [0.15, 0.2) is 42.5 Å². The zero-order valence-corrected chi connectivity index (χ0v) is 21.5. The number of hydrogen-bond donors (Lipinski definition) is 1. The molecule has 2 aromatic carbocycles. The number of nitro groups is 1. The van der Waals surface area contributed by atoms with Gasteiger partial charge in [-0.25, -0.2) is 0 Å². The van der Waals surface area contributed by atoms with Gasteiger partial charge in [0.15, 0.2) is 0 Å². The fraction of sp³-hybridized carbons (Fsp3) is 0.519. The van der Waals surface area contributed by atoms with Crippen LogP contribution in [0.2, 0.25) is 0 Å². The van der Waals surface area contributed by atoms with Crippen LogP contribution >= 0.6 is 0 Å². The van der Waals surface area contributed by atoms with Crippen molar-refractivity contribution in [1.29, 1.82) is 0 Å². The highest BCUT2D eigenvalue weighted by molar-refractivity contribution is 5.76. The number of likely N-dealkylation sites (tertiary alicyclic amines) is 1. The summed E-state index contributed by atoms with van der Waals surface area (Å²) in [4.78, 5) is 29.3. The molecule has 4 rings (SSSR count). The van der Waals surface area contributed by atoms with Crippen LogP contribution in [0.3, 0.4) is 0 Å². The highest BCUT2D eigenvalue weighted by atomic mass is 19.4. The quantitative estimate of drug-likeness (QED) is 0.383. The molecule has 2 heterocycles. The Hall–Kier alpha value is -3.34. The van der Waals surface area contributed by atoms with Crippen LogP contribution in [0.4, 0.5) is 30.2 Å². The minimum Gasteiger partial charge on any atom is -0.380 e. The van der Waals surface area contributed by atoms with E-state index < -0.39 is 22.4 Å². The number of alkyl halides is 3. The predicted molar refractivity (Wildman–Crippen MR) is 140 cm³/mol.